The lowest BCUT2D eigenvalue weighted by molar-refractivity contribution is -0.118. The monoisotopic (exact) mass is 477 g/mol. The molecule has 166 valence electrons. The smallest absolute Gasteiger partial charge is 0.250 e. The fourth-order valence-corrected chi connectivity index (χ4v) is 3.93. The first-order chi connectivity index (χ1) is 16.0. The highest BCUT2D eigenvalue weighted by molar-refractivity contribution is 7.99. The molecule has 1 amide bonds. The highest BCUT2D eigenvalue weighted by atomic mass is 35.5. The van der Waals surface area contributed by atoms with E-state index >= 15 is 0 Å². The van der Waals surface area contributed by atoms with Crippen LogP contribution in [0.2, 0.25) is 5.02 Å². The summed E-state index contributed by atoms with van der Waals surface area (Å²) in [6.07, 6.45) is 0. The number of carbonyl (C=O) groups is 1. The molecule has 0 saturated carbocycles. The van der Waals surface area contributed by atoms with E-state index in [4.69, 9.17) is 11.6 Å². The third-order valence-corrected chi connectivity index (χ3v) is 5.88. The van der Waals surface area contributed by atoms with Crippen molar-refractivity contribution in [2.75, 3.05) is 5.75 Å². The van der Waals surface area contributed by atoms with Crippen LogP contribution in [-0.4, -0.2) is 37.2 Å². The van der Waals surface area contributed by atoms with E-state index in [-0.39, 0.29) is 17.4 Å². The Labute approximate surface area is 200 Å². The fraction of sp³-hybridized carbons (Fsp3) is 0.0833. The summed E-state index contributed by atoms with van der Waals surface area (Å²) in [4.78, 5) is 12.4. The Hall–Kier alpha value is -3.62. The molecule has 3 aromatic carbocycles. The van der Waals surface area contributed by atoms with Crippen LogP contribution in [0, 0.1) is 0 Å². The average Bonchev–Trinajstić information content (AvgIpc) is 3.26. The third kappa shape index (κ3) is 5.60. The summed E-state index contributed by atoms with van der Waals surface area (Å²) in [6.45, 7) is 1.76. The molecule has 0 fully saturated rings. The van der Waals surface area contributed by atoms with Crippen LogP contribution in [0.15, 0.2) is 89.1 Å². The SMILES string of the molecule is CC(=NNC(=O)CSc1nnc(-c2ccccc2)n1-c1ccc(Cl)cc1)c1cccc(O)c1. The van der Waals surface area contributed by atoms with Gasteiger partial charge in [0, 0.05) is 21.8 Å². The summed E-state index contributed by atoms with van der Waals surface area (Å²) in [7, 11) is 0. The maximum atomic E-state index is 12.4. The van der Waals surface area contributed by atoms with Gasteiger partial charge in [-0.2, -0.15) is 5.10 Å². The van der Waals surface area contributed by atoms with E-state index in [2.05, 4.69) is 20.7 Å². The van der Waals surface area contributed by atoms with Gasteiger partial charge in [-0.05, 0) is 43.3 Å². The molecule has 0 spiro atoms. The molecule has 0 unspecified atom stereocenters. The minimum atomic E-state index is -0.286. The number of nitrogens with one attached hydrogen (secondary N) is 1. The number of aromatic hydroxyl groups is 1. The van der Waals surface area contributed by atoms with Gasteiger partial charge in [-0.15, -0.1) is 10.2 Å². The molecule has 0 aliphatic rings. The number of amides is 1. The van der Waals surface area contributed by atoms with E-state index in [0.29, 0.717) is 21.7 Å². The van der Waals surface area contributed by atoms with E-state index in [1.807, 2.05) is 47.0 Å². The maximum absolute atomic E-state index is 12.4. The normalized spacial score (nSPS) is 11.4. The number of hydrazone groups is 1. The Balaban J connectivity index is 1.52. The summed E-state index contributed by atoms with van der Waals surface area (Å²) in [5.74, 6) is 0.613. The minimum absolute atomic E-state index is 0.0946. The number of hydrogen-bond acceptors (Lipinski definition) is 6. The largest absolute Gasteiger partial charge is 0.508 e. The number of phenols is 1. The molecule has 4 aromatic rings. The lowest BCUT2D eigenvalue weighted by Gasteiger charge is -2.10. The van der Waals surface area contributed by atoms with Gasteiger partial charge in [-0.25, -0.2) is 5.43 Å². The summed E-state index contributed by atoms with van der Waals surface area (Å²) in [6, 6.07) is 23.7. The van der Waals surface area contributed by atoms with Crippen molar-refractivity contribution < 1.29 is 9.90 Å². The molecule has 0 radical (unpaired) electrons. The highest BCUT2D eigenvalue weighted by Crippen LogP contribution is 2.28. The van der Waals surface area contributed by atoms with Crippen molar-refractivity contribution in [1.29, 1.82) is 0 Å². The average molecular weight is 478 g/mol. The number of hydrogen-bond donors (Lipinski definition) is 2. The molecule has 9 heteroatoms. The van der Waals surface area contributed by atoms with Gasteiger partial charge in [-0.3, -0.25) is 9.36 Å². The zero-order valence-corrected chi connectivity index (χ0v) is 19.2. The van der Waals surface area contributed by atoms with Crippen LogP contribution in [0.5, 0.6) is 5.75 Å². The Morgan fingerprint density at radius 1 is 1.06 bits per heavy atom. The summed E-state index contributed by atoms with van der Waals surface area (Å²) in [5.41, 5.74) is 5.59. The lowest BCUT2D eigenvalue weighted by Crippen LogP contribution is -2.21. The van der Waals surface area contributed by atoms with Gasteiger partial charge in [0.05, 0.1) is 11.5 Å². The fourth-order valence-electron chi connectivity index (χ4n) is 3.06. The van der Waals surface area contributed by atoms with Gasteiger partial charge >= 0.3 is 0 Å². The summed E-state index contributed by atoms with van der Waals surface area (Å²) < 4.78 is 1.89. The van der Waals surface area contributed by atoms with E-state index in [1.165, 1.54) is 11.8 Å². The van der Waals surface area contributed by atoms with Crippen molar-refractivity contribution >= 4 is 35.0 Å². The van der Waals surface area contributed by atoms with E-state index < -0.39 is 0 Å². The van der Waals surface area contributed by atoms with Crippen molar-refractivity contribution in [3.05, 3.63) is 89.4 Å². The Morgan fingerprint density at radius 3 is 2.55 bits per heavy atom. The molecule has 0 aliphatic carbocycles. The van der Waals surface area contributed by atoms with Gasteiger partial charge in [0.1, 0.15) is 5.75 Å². The van der Waals surface area contributed by atoms with E-state index in [9.17, 15) is 9.90 Å². The molecule has 4 rings (SSSR count). The minimum Gasteiger partial charge on any atom is -0.508 e. The molecule has 0 saturated heterocycles. The summed E-state index contributed by atoms with van der Waals surface area (Å²) >= 11 is 7.32. The molecule has 2 N–H and O–H groups in total. The molecule has 1 heterocycles. The van der Waals surface area contributed by atoms with Crippen LogP contribution in [0.1, 0.15) is 12.5 Å². The molecule has 0 aliphatic heterocycles. The first kappa shape index (κ1) is 22.6. The van der Waals surface area contributed by atoms with Gasteiger partial charge < -0.3 is 5.11 Å². The van der Waals surface area contributed by atoms with Crippen molar-refractivity contribution in [2.24, 2.45) is 5.10 Å². The summed E-state index contributed by atoms with van der Waals surface area (Å²) in [5, 5.41) is 23.6. The van der Waals surface area contributed by atoms with E-state index in [1.54, 1.807) is 43.3 Å². The first-order valence-corrected chi connectivity index (χ1v) is 11.4. The quantitative estimate of drug-likeness (QED) is 0.224. The molecular weight excluding hydrogens is 458 g/mol. The first-order valence-electron chi connectivity index (χ1n) is 10.0. The highest BCUT2D eigenvalue weighted by Gasteiger charge is 2.17. The van der Waals surface area contributed by atoms with Crippen LogP contribution in [-0.2, 0) is 4.79 Å². The second-order valence-electron chi connectivity index (χ2n) is 7.06. The molecule has 1 aromatic heterocycles. The predicted octanol–water partition coefficient (Wildman–Crippen LogP) is 4.93. The second kappa shape index (κ2) is 10.3. The second-order valence-corrected chi connectivity index (χ2v) is 8.43. The number of aromatic nitrogens is 3. The number of benzene rings is 3. The van der Waals surface area contributed by atoms with E-state index in [0.717, 1.165) is 16.8 Å². The lowest BCUT2D eigenvalue weighted by atomic mass is 10.1. The number of carbonyl (C=O) groups excluding carboxylic acids is 1. The van der Waals surface area contributed by atoms with Gasteiger partial charge in [-0.1, -0.05) is 65.8 Å². The zero-order chi connectivity index (χ0) is 23.2. The number of thioether (sulfide) groups is 1. The van der Waals surface area contributed by atoms with Crippen LogP contribution in [0.4, 0.5) is 0 Å². The Kier molecular flexibility index (Phi) is 7.07. The molecular formula is C24H20ClN5O2S. The molecule has 33 heavy (non-hydrogen) atoms. The predicted molar refractivity (Wildman–Crippen MR) is 131 cm³/mol. The number of halogens is 1. The van der Waals surface area contributed by atoms with Gasteiger partial charge in [0.2, 0.25) is 0 Å². The van der Waals surface area contributed by atoms with Crippen molar-refractivity contribution in [3.63, 3.8) is 0 Å². The number of phenolic OH excluding ortho intramolecular Hbond substituents is 1. The molecule has 0 bridgehead atoms. The third-order valence-electron chi connectivity index (χ3n) is 4.69. The topological polar surface area (TPSA) is 92.4 Å². The van der Waals surface area contributed by atoms with Crippen molar-refractivity contribution in [3.8, 4) is 22.8 Å². The molecule has 0 atom stereocenters. The molecule has 7 nitrogen and oxygen atoms in total. The van der Waals surface area contributed by atoms with Crippen molar-refractivity contribution in [2.45, 2.75) is 12.1 Å². The number of nitrogens with zero attached hydrogens (tertiary/aromatic N) is 4. The Morgan fingerprint density at radius 2 is 1.82 bits per heavy atom. The Bertz CT molecular complexity index is 1290. The van der Waals surface area contributed by atoms with Crippen LogP contribution >= 0.6 is 23.4 Å². The number of rotatable bonds is 7. The van der Waals surface area contributed by atoms with Crippen LogP contribution < -0.4 is 5.43 Å². The van der Waals surface area contributed by atoms with Gasteiger partial charge in [0.15, 0.2) is 11.0 Å². The van der Waals surface area contributed by atoms with Crippen molar-refractivity contribution in [1.82, 2.24) is 20.2 Å². The maximum Gasteiger partial charge on any atom is 0.250 e. The van der Waals surface area contributed by atoms with Crippen LogP contribution in [0.3, 0.4) is 0 Å². The zero-order valence-electron chi connectivity index (χ0n) is 17.6. The standard InChI is InChI=1S/C24H20ClN5O2S/c1-16(18-8-5-9-21(31)14-18)26-27-22(32)15-33-24-29-28-23(17-6-3-2-4-7-17)30(24)20-12-10-19(25)11-13-20/h2-14,31H,15H2,1H3,(H,27,32). The van der Waals surface area contributed by atoms with Gasteiger partial charge in [0.25, 0.3) is 5.91 Å². The van der Waals surface area contributed by atoms with Crippen LogP contribution in [0.25, 0.3) is 17.1 Å².